The van der Waals surface area contributed by atoms with Crippen molar-refractivity contribution in [1.29, 1.82) is 0 Å². The Hall–Kier alpha value is -1.77. The molecule has 9 nitrogen and oxygen atoms in total. The number of phosphoric acid groups is 1. The van der Waals surface area contributed by atoms with E-state index in [2.05, 4.69) is 38.2 Å². The lowest BCUT2D eigenvalue weighted by molar-refractivity contribution is -0.870. The highest BCUT2D eigenvalue weighted by molar-refractivity contribution is 7.45. The Morgan fingerprint density at radius 2 is 1.14 bits per heavy atom. The van der Waals surface area contributed by atoms with E-state index in [4.69, 9.17) is 18.5 Å². The van der Waals surface area contributed by atoms with Crippen molar-refractivity contribution in [2.45, 2.75) is 155 Å². The van der Waals surface area contributed by atoms with Crippen LogP contribution < -0.4 is 4.89 Å². The number of unbranched alkanes of at least 4 members (excludes halogenated alkanes) is 14. The van der Waals surface area contributed by atoms with E-state index in [1.54, 1.807) is 0 Å². The summed E-state index contributed by atoms with van der Waals surface area (Å²) in [5.41, 5.74) is 0. The molecule has 0 amide bonds. The molecule has 0 rings (SSSR count). The topological polar surface area (TPSA) is 111 Å². The highest BCUT2D eigenvalue weighted by Crippen LogP contribution is 2.38. The molecular weight excluding hydrogens is 641 g/mol. The minimum Gasteiger partial charge on any atom is -0.756 e. The van der Waals surface area contributed by atoms with Gasteiger partial charge >= 0.3 is 11.9 Å². The minimum atomic E-state index is -4.63. The normalized spacial score (nSPS) is 14.2. The van der Waals surface area contributed by atoms with E-state index in [0.29, 0.717) is 23.9 Å². The van der Waals surface area contributed by atoms with Crippen LogP contribution in [0.3, 0.4) is 0 Å². The van der Waals surface area contributed by atoms with Gasteiger partial charge in [0.15, 0.2) is 6.10 Å². The summed E-state index contributed by atoms with van der Waals surface area (Å²) in [6.45, 7) is 4.09. The lowest BCUT2D eigenvalue weighted by Gasteiger charge is -2.28. The van der Waals surface area contributed by atoms with Crippen molar-refractivity contribution in [2.75, 3.05) is 47.5 Å². The third-order valence-electron chi connectivity index (χ3n) is 7.90. The molecule has 0 aliphatic carbocycles. The quantitative estimate of drug-likeness (QED) is 0.0213. The Balaban J connectivity index is 4.55. The zero-order chi connectivity index (χ0) is 36.5. The number of likely N-dealkylation sites (N-methyl/N-ethyl adjacent to an activating group) is 1. The molecule has 0 N–H and O–H groups in total. The van der Waals surface area contributed by atoms with Crippen molar-refractivity contribution in [1.82, 2.24) is 0 Å². The number of allylic oxidation sites excluding steroid dienone is 6. The minimum absolute atomic E-state index is 0.0416. The number of esters is 2. The van der Waals surface area contributed by atoms with Gasteiger partial charge in [-0.05, 0) is 57.8 Å². The van der Waals surface area contributed by atoms with Crippen molar-refractivity contribution in [2.24, 2.45) is 0 Å². The fourth-order valence-electron chi connectivity index (χ4n) is 4.82. The predicted molar refractivity (Wildman–Crippen MR) is 199 cm³/mol. The number of rotatable bonds is 34. The third kappa shape index (κ3) is 35.8. The number of carbonyl (C=O) groups is 2. The van der Waals surface area contributed by atoms with Crippen molar-refractivity contribution in [3.05, 3.63) is 36.5 Å². The molecule has 10 heteroatoms. The van der Waals surface area contributed by atoms with Crippen molar-refractivity contribution in [3.63, 3.8) is 0 Å². The summed E-state index contributed by atoms with van der Waals surface area (Å²) in [5, 5.41) is 0. The van der Waals surface area contributed by atoms with Gasteiger partial charge in [-0.1, -0.05) is 115 Å². The van der Waals surface area contributed by atoms with E-state index in [9.17, 15) is 19.0 Å². The predicted octanol–water partition coefficient (Wildman–Crippen LogP) is 9.55. The zero-order valence-electron chi connectivity index (χ0n) is 31.9. The summed E-state index contributed by atoms with van der Waals surface area (Å²) in [6, 6.07) is 0. The molecule has 0 radical (unpaired) electrons. The number of phosphoric ester groups is 1. The largest absolute Gasteiger partial charge is 0.756 e. The number of nitrogens with zero attached hydrogens (tertiary/aromatic N) is 1. The van der Waals surface area contributed by atoms with Crippen LogP contribution in [0.2, 0.25) is 0 Å². The fourth-order valence-corrected chi connectivity index (χ4v) is 5.55. The molecule has 0 saturated heterocycles. The number of hydrogen-bond donors (Lipinski definition) is 0. The van der Waals surface area contributed by atoms with Crippen LogP contribution in [-0.2, 0) is 32.7 Å². The molecule has 2 atom stereocenters. The summed E-state index contributed by atoms with van der Waals surface area (Å²) in [5.74, 6) is -0.927. The molecule has 286 valence electrons. The van der Waals surface area contributed by atoms with Gasteiger partial charge in [0.1, 0.15) is 19.8 Å². The lowest BCUT2D eigenvalue weighted by Crippen LogP contribution is -2.37. The summed E-state index contributed by atoms with van der Waals surface area (Å²) >= 11 is 0. The van der Waals surface area contributed by atoms with Crippen molar-refractivity contribution >= 4 is 19.8 Å². The molecule has 0 heterocycles. The molecule has 0 fully saturated rings. The molecule has 0 saturated carbocycles. The Morgan fingerprint density at radius 1 is 0.633 bits per heavy atom. The Bertz CT molecular complexity index is 944. The molecule has 0 aromatic carbocycles. The maximum Gasteiger partial charge on any atom is 0.306 e. The highest BCUT2D eigenvalue weighted by Gasteiger charge is 2.21. The molecule has 2 unspecified atom stereocenters. The van der Waals surface area contributed by atoms with Crippen LogP contribution in [0, 0.1) is 0 Å². The van der Waals surface area contributed by atoms with Crippen LogP contribution in [0.4, 0.5) is 0 Å². The SMILES string of the molecule is CCCCC/C=C/CCCCCCCC(=O)OCC(COP(=O)([O-])OCC[N+](C)(C)C)OC(=O)CC/C=C/C/C=C/CCCCCCCC. The zero-order valence-corrected chi connectivity index (χ0v) is 32.8. The van der Waals surface area contributed by atoms with E-state index in [1.807, 2.05) is 33.3 Å². The third-order valence-corrected chi connectivity index (χ3v) is 8.86. The summed E-state index contributed by atoms with van der Waals surface area (Å²) < 4.78 is 33.6. The first-order chi connectivity index (χ1) is 23.5. The van der Waals surface area contributed by atoms with Crippen LogP contribution in [0.25, 0.3) is 0 Å². The summed E-state index contributed by atoms with van der Waals surface area (Å²) in [4.78, 5) is 37.2. The highest BCUT2D eigenvalue weighted by atomic mass is 31.2. The van der Waals surface area contributed by atoms with Crippen molar-refractivity contribution in [3.8, 4) is 0 Å². The standard InChI is InChI=1S/C39H72NO8P/c1-6-8-10-12-14-16-18-20-22-24-26-28-30-32-39(42)48-37(36-47-49(43,44)46-34-33-40(3,4)5)35-45-38(41)31-29-27-25-23-21-19-17-15-13-11-9-7-2/h15,17,20,22,26,28,37H,6-14,16,18-19,21,23-25,27,29-36H2,1-5H3/b17-15+,22-20+,28-26+. The average molecular weight is 714 g/mol. The van der Waals surface area contributed by atoms with E-state index < -0.39 is 32.5 Å². The van der Waals surface area contributed by atoms with Crippen LogP contribution in [0.5, 0.6) is 0 Å². The van der Waals surface area contributed by atoms with Crippen LogP contribution in [-0.4, -0.2) is 70.0 Å². The van der Waals surface area contributed by atoms with Gasteiger partial charge in [0.05, 0.1) is 27.7 Å². The van der Waals surface area contributed by atoms with Crippen molar-refractivity contribution < 1.29 is 42.1 Å². The Morgan fingerprint density at radius 3 is 1.76 bits per heavy atom. The van der Waals surface area contributed by atoms with Gasteiger partial charge < -0.3 is 27.9 Å². The fraction of sp³-hybridized carbons (Fsp3) is 0.795. The van der Waals surface area contributed by atoms with Gasteiger partial charge in [-0.2, -0.15) is 0 Å². The maximum absolute atomic E-state index is 12.6. The monoisotopic (exact) mass is 713 g/mol. The maximum atomic E-state index is 12.6. The van der Waals surface area contributed by atoms with E-state index in [0.717, 1.165) is 51.4 Å². The smallest absolute Gasteiger partial charge is 0.306 e. The average Bonchev–Trinajstić information content (AvgIpc) is 3.04. The van der Waals surface area contributed by atoms with Crippen LogP contribution >= 0.6 is 7.82 Å². The molecule has 0 aliphatic rings. The molecule has 0 aromatic heterocycles. The molecule has 0 bridgehead atoms. The van der Waals surface area contributed by atoms with Gasteiger partial charge in [0.25, 0.3) is 7.82 Å². The van der Waals surface area contributed by atoms with Gasteiger partial charge in [0.2, 0.25) is 0 Å². The first-order valence-electron chi connectivity index (χ1n) is 19.2. The summed E-state index contributed by atoms with van der Waals surface area (Å²) in [7, 11) is 1.12. The Kier molecular flexibility index (Phi) is 31.0. The summed E-state index contributed by atoms with van der Waals surface area (Å²) in [6.07, 6.45) is 33.3. The van der Waals surface area contributed by atoms with Gasteiger partial charge in [0, 0.05) is 12.8 Å². The molecular formula is C39H72NO8P. The first kappa shape index (κ1) is 47.2. The van der Waals surface area contributed by atoms with Crippen LogP contribution in [0.15, 0.2) is 36.5 Å². The van der Waals surface area contributed by atoms with Crippen LogP contribution in [0.1, 0.15) is 149 Å². The van der Waals surface area contributed by atoms with E-state index in [-0.39, 0.29) is 26.1 Å². The first-order valence-corrected chi connectivity index (χ1v) is 20.7. The second-order valence-corrected chi connectivity index (χ2v) is 15.3. The second-order valence-electron chi connectivity index (χ2n) is 13.9. The molecule has 0 aromatic rings. The van der Waals surface area contributed by atoms with Gasteiger partial charge in [-0.15, -0.1) is 0 Å². The number of hydrogen-bond acceptors (Lipinski definition) is 8. The van der Waals surface area contributed by atoms with E-state index >= 15 is 0 Å². The number of carbonyl (C=O) groups excluding carboxylic acids is 2. The molecule has 49 heavy (non-hydrogen) atoms. The Labute approximate surface area is 300 Å². The van der Waals surface area contributed by atoms with E-state index in [1.165, 1.54) is 57.8 Å². The molecule has 0 aliphatic heterocycles. The number of quaternary nitrogens is 1. The lowest BCUT2D eigenvalue weighted by atomic mass is 10.1. The second kappa shape index (κ2) is 32.2. The molecule has 0 spiro atoms. The number of ether oxygens (including phenoxy) is 2. The van der Waals surface area contributed by atoms with Gasteiger partial charge in [-0.3, -0.25) is 14.2 Å². The van der Waals surface area contributed by atoms with Gasteiger partial charge in [-0.25, -0.2) is 0 Å².